The van der Waals surface area contributed by atoms with Crippen LogP contribution in [0.3, 0.4) is 0 Å². The fourth-order valence-electron chi connectivity index (χ4n) is 0.389. The van der Waals surface area contributed by atoms with Crippen molar-refractivity contribution in [1.82, 2.24) is 4.90 Å². The van der Waals surface area contributed by atoms with Gasteiger partial charge in [-0.1, -0.05) is 0 Å². The van der Waals surface area contributed by atoms with Crippen molar-refractivity contribution < 1.29 is 9.53 Å². The molecule has 0 aromatic rings. The topological polar surface area (TPSA) is 29.5 Å². The Morgan fingerprint density at radius 3 is 2.27 bits per heavy atom. The first-order valence-electron chi connectivity index (χ1n) is 3.37. The van der Waals surface area contributed by atoms with E-state index in [-0.39, 0.29) is 6.00 Å². The molecule has 1 amide bonds. The summed E-state index contributed by atoms with van der Waals surface area (Å²) in [6, 6.07) is 0.148. The first kappa shape index (κ1) is 10.6. The number of carbonyl (C=O) groups is 1. The molecule has 11 heavy (non-hydrogen) atoms. The molecule has 0 atom stereocenters. The summed E-state index contributed by atoms with van der Waals surface area (Å²) >= 11 is 5.40. The summed E-state index contributed by atoms with van der Waals surface area (Å²) in [4.78, 5) is 12.3. The first-order chi connectivity index (χ1) is 4.87. The van der Waals surface area contributed by atoms with Gasteiger partial charge in [-0.2, -0.15) is 0 Å². The molecule has 0 aliphatic rings. The van der Waals surface area contributed by atoms with Gasteiger partial charge in [0.2, 0.25) is 0 Å². The van der Waals surface area contributed by atoms with Gasteiger partial charge in [-0.25, -0.2) is 4.79 Å². The molecule has 0 unspecified atom stereocenters. The van der Waals surface area contributed by atoms with Crippen molar-refractivity contribution in [1.29, 1.82) is 0 Å². The van der Waals surface area contributed by atoms with E-state index in [1.165, 1.54) is 4.90 Å². The summed E-state index contributed by atoms with van der Waals surface area (Å²) in [7, 11) is 1.58. The Morgan fingerprint density at radius 1 is 1.55 bits per heavy atom. The van der Waals surface area contributed by atoms with Crippen LogP contribution in [0, 0.1) is 0 Å². The van der Waals surface area contributed by atoms with Gasteiger partial charge in [0, 0.05) is 7.05 Å². The molecule has 0 spiro atoms. The second-order valence-electron chi connectivity index (χ2n) is 3.30. The van der Waals surface area contributed by atoms with Gasteiger partial charge in [0.1, 0.15) is 5.60 Å². The number of alkyl halides is 1. The van der Waals surface area contributed by atoms with E-state index >= 15 is 0 Å². The quantitative estimate of drug-likeness (QED) is 0.456. The Hall–Kier alpha value is -0.440. The van der Waals surface area contributed by atoms with E-state index in [1.807, 2.05) is 20.8 Å². The summed E-state index contributed by atoms with van der Waals surface area (Å²) in [6.45, 7) is 5.44. The lowest BCUT2D eigenvalue weighted by Crippen LogP contribution is -2.33. The van der Waals surface area contributed by atoms with Gasteiger partial charge in [-0.05, 0) is 20.8 Å². The minimum Gasteiger partial charge on any atom is -0.444 e. The molecule has 0 saturated carbocycles. The maximum absolute atomic E-state index is 11.0. The zero-order valence-electron chi connectivity index (χ0n) is 7.35. The standard InChI is InChI=1S/C7H14ClNO2/c1-7(2,3)11-6(10)9(4)5-8/h5H2,1-4H3. The zero-order valence-corrected chi connectivity index (χ0v) is 8.10. The van der Waals surface area contributed by atoms with Crippen LogP contribution in [0.5, 0.6) is 0 Å². The number of hydrogen-bond donors (Lipinski definition) is 0. The van der Waals surface area contributed by atoms with Crippen LogP contribution in [-0.2, 0) is 4.74 Å². The average Bonchev–Trinajstić information content (AvgIpc) is 1.82. The van der Waals surface area contributed by atoms with Gasteiger partial charge >= 0.3 is 6.09 Å². The number of nitrogens with zero attached hydrogens (tertiary/aromatic N) is 1. The van der Waals surface area contributed by atoms with E-state index in [2.05, 4.69) is 0 Å². The van der Waals surface area contributed by atoms with Gasteiger partial charge in [0.05, 0.1) is 6.00 Å². The lowest BCUT2D eigenvalue weighted by atomic mass is 10.2. The second-order valence-corrected chi connectivity index (χ2v) is 3.54. The summed E-state index contributed by atoms with van der Waals surface area (Å²) in [6.07, 6.45) is -0.396. The number of hydrogen-bond acceptors (Lipinski definition) is 2. The molecule has 0 heterocycles. The minimum atomic E-state index is -0.447. The summed E-state index contributed by atoms with van der Waals surface area (Å²) in [5, 5.41) is 0. The summed E-state index contributed by atoms with van der Waals surface area (Å²) < 4.78 is 4.99. The molecule has 0 N–H and O–H groups in total. The molecule has 0 aromatic heterocycles. The Labute approximate surface area is 72.3 Å². The highest BCUT2D eigenvalue weighted by Gasteiger charge is 2.18. The SMILES string of the molecule is CN(CCl)C(=O)OC(C)(C)C. The van der Waals surface area contributed by atoms with Crippen molar-refractivity contribution in [3.63, 3.8) is 0 Å². The summed E-state index contributed by atoms with van der Waals surface area (Å²) in [5.41, 5.74) is -0.447. The number of carbonyl (C=O) groups excluding carboxylic acids is 1. The lowest BCUT2D eigenvalue weighted by molar-refractivity contribution is 0.0328. The Balaban J connectivity index is 3.88. The maximum Gasteiger partial charge on any atom is 0.411 e. The van der Waals surface area contributed by atoms with Gasteiger partial charge in [-0.15, -0.1) is 11.6 Å². The first-order valence-corrected chi connectivity index (χ1v) is 3.90. The van der Waals surface area contributed by atoms with Crippen LogP contribution < -0.4 is 0 Å². The van der Waals surface area contributed by atoms with Gasteiger partial charge < -0.3 is 4.74 Å². The Bertz CT molecular complexity index is 142. The number of amides is 1. The molecule has 0 saturated heterocycles. The molecule has 66 valence electrons. The van der Waals surface area contributed by atoms with Crippen LogP contribution in [0.15, 0.2) is 0 Å². The van der Waals surface area contributed by atoms with E-state index in [9.17, 15) is 4.79 Å². The molecular weight excluding hydrogens is 166 g/mol. The fourth-order valence-corrected chi connectivity index (χ4v) is 0.486. The Morgan fingerprint density at radius 2 is 2.00 bits per heavy atom. The summed E-state index contributed by atoms with van der Waals surface area (Å²) in [5.74, 6) is 0. The smallest absolute Gasteiger partial charge is 0.411 e. The van der Waals surface area contributed by atoms with Crippen LogP contribution in [0.4, 0.5) is 4.79 Å². The highest BCUT2D eigenvalue weighted by atomic mass is 35.5. The second kappa shape index (κ2) is 3.81. The van der Waals surface area contributed by atoms with Crippen LogP contribution in [-0.4, -0.2) is 29.6 Å². The Kier molecular flexibility index (Phi) is 3.66. The van der Waals surface area contributed by atoms with Gasteiger partial charge in [0.15, 0.2) is 0 Å². The molecule has 3 nitrogen and oxygen atoms in total. The lowest BCUT2D eigenvalue weighted by Gasteiger charge is -2.23. The molecule has 0 rings (SSSR count). The van der Waals surface area contributed by atoms with E-state index in [1.54, 1.807) is 7.05 Å². The van der Waals surface area contributed by atoms with Crippen LogP contribution in [0.1, 0.15) is 20.8 Å². The number of rotatable bonds is 1. The molecule has 0 aromatic carbocycles. The van der Waals surface area contributed by atoms with Crippen molar-refractivity contribution in [2.24, 2.45) is 0 Å². The average molecular weight is 180 g/mol. The zero-order chi connectivity index (χ0) is 9.07. The molecule has 0 aliphatic heterocycles. The third-order valence-electron chi connectivity index (χ3n) is 0.884. The fraction of sp³-hybridized carbons (Fsp3) is 0.857. The molecule has 4 heteroatoms. The van der Waals surface area contributed by atoms with E-state index in [0.29, 0.717) is 0 Å². The van der Waals surface area contributed by atoms with Crippen LogP contribution >= 0.6 is 11.6 Å². The van der Waals surface area contributed by atoms with Crippen molar-refractivity contribution in [3.8, 4) is 0 Å². The van der Waals surface area contributed by atoms with Gasteiger partial charge in [-0.3, -0.25) is 4.90 Å². The molecule has 0 bridgehead atoms. The van der Waals surface area contributed by atoms with Gasteiger partial charge in [0.25, 0.3) is 0 Å². The highest BCUT2D eigenvalue weighted by Crippen LogP contribution is 2.08. The predicted octanol–water partition coefficient (Wildman–Crippen LogP) is 2.05. The van der Waals surface area contributed by atoms with Crippen molar-refractivity contribution >= 4 is 17.7 Å². The third-order valence-corrected chi connectivity index (χ3v) is 1.24. The van der Waals surface area contributed by atoms with Crippen molar-refractivity contribution in [2.75, 3.05) is 13.1 Å². The minimum absolute atomic E-state index is 0.148. The van der Waals surface area contributed by atoms with Crippen LogP contribution in [0.2, 0.25) is 0 Å². The molecule has 0 fully saturated rings. The molecule has 0 aliphatic carbocycles. The molecule has 0 radical (unpaired) electrons. The van der Waals surface area contributed by atoms with Crippen LogP contribution in [0.25, 0.3) is 0 Å². The third kappa shape index (κ3) is 4.90. The largest absolute Gasteiger partial charge is 0.444 e. The maximum atomic E-state index is 11.0. The van der Waals surface area contributed by atoms with Crippen molar-refractivity contribution in [2.45, 2.75) is 26.4 Å². The van der Waals surface area contributed by atoms with Crippen molar-refractivity contribution in [3.05, 3.63) is 0 Å². The van der Waals surface area contributed by atoms with E-state index in [4.69, 9.17) is 16.3 Å². The van der Waals surface area contributed by atoms with E-state index in [0.717, 1.165) is 0 Å². The predicted molar refractivity (Wildman–Crippen MR) is 44.7 cm³/mol. The normalized spacial score (nSPS) is 11.0. The molecular formula is C7H14ClNO2. The highest BCUT2D eigenvalue weighted by molar-refractivity contribution is 6.18. The number of ether oxygens (including phenoxy) is 1. The monoisotopic (exact) mass is 179 g/mol. The number of halogens is 1. The van der Waals surface area contributed by atoms with E-state index < -0.39 is 11.7 Å².